The summed E-state index contributed by atoms with van der Waals surface area (Å²) in [5.74, 6) is -0.825. The molecular formula is C20H17ClN2O5S. The van der Waals surface area contributed by atoms with E-state index in [1.54, 1.807) is 30.3 Å². The molecule has 7 nitrogen and oxygen atoms in total. The first-order chi connectivity index (χ1) is 13.9. The van der Waals surface area contributed by atoms with Crippen molar-refractivity contribution in [3.05, 3.63) is 57.5 Å². The molecule has 0 spiro atoms. The molecule has 1 saturated heterocycles. The fraction of sp³-hybridized carbons (Fsp3) is 0.150. The number of hydrogen-bond donors (Lipinski definition) is 2. The van der Waals surface area contributed by atoms with Crippen LogP contribution in [0.3, 0.4) is 0 Å². The molecule has 0 aliphatic carbocycles. The van der Waals surface area contributed by atoms with Crippen LogP contribution in [0.25, 0.3) is 6.08 Å². The molecule has 0 radical (unpaired) electrons. The molecule has 2 N–H and O–H groups in total. The molecule has 1 amide bonds. The summed E-state index contributed by atoms with van der Waals surface area (Å²) in [6.07, 6.45) is 1.60. The Balaban J connectivity index is 1.89. The van der Waals surface area contributed by atoms with Gasteiger partial charge >= 0.3 is 5.97 Å². The average molecular weight is 433 g/mol. The van der Waals surface area contributed by atoms with Crippen molar-refractivity contribution < 1.29 is 24.2 Å². The predicted molar refractivity (Wildman–Crippen MR) is 113 cm³/mol. The highest BCUT2D eigenvalue weighted by Gasteiger charge is 2.25. The molecule has 9 heteroatoms. The van der Waals surface area contributed by atoms with Gasteiger partial charge in [-0.15, -0.1) is 0 Å². The predicted octanol–water partition coefficient (Wildman–Crippen LogP) is 4.01. The van der Waals surface area contributed by atoms with Gasteiger partial charge in [0.15, 0.2) is 23.3 Å². The first kappa shape index (κ1) is 20.8. The Morgan fingerprint density at radius 3 is 2.83 bits per heavy atom. The number of aliphatic carboxylic acids is 1. The molecule has 1 fully saturated rings. The minimum absolute atomic E-state index is 0.244. The Kier molecular flexibility index (Phi) is 6.46. The van der Waals surface area contributed by atoms with E-state index in [2.05, 4.69) is 10.3 Å². The summed E-state index contributed by atoms with van der Waals surface area (Å²) in [6.45, 7) is 1.36. The summed E-state index contributed by atoms with van der Waals surface area (Å²) in [6, 6.07) is 10.5. The SMILES string of the molecule is COc1cccc(/C=C2/SC(=Nc3ccc(C)c(Cl)c3)NC2=O)c1OCC(=O)O. The van der Waals surface area contributed by atoms with Crippen molar-refractivity contribution in [3.8, 4) is 11.5 Å². The number of hydrogen-bond acceptors (Lipinski definition) is 6. The molecule has 0 saturated carbocycles. The van der Waals surface area contributed by atoms with E-state index in [0.29, 0.717) is 32.1 Å². The highest BCUT2D eigenvalue weighted by atomic mass is 35.5. The van der Waals surface area contributed by atoms with Crippen LogP contribution in [0.4, 0.5) is 5.69 Å². The lowest BCUT2D eigenvalue weighted by molar-refractivity contribution is -0.139. The maximum atomic E-state index is 12.4. The van der Waals surface area contributed by atoms with Crippen molar-refractivity contribution in [3.63, 3.8) is 0 Å². The number of para-hydroxylation sites is 1. The zero-order valence-corrected chi connectivity index (χ0v) is 17.1. The lowest BCUT2D eigenvalue weighted by atomic mass is 10.1. The lowest BCUT2D eigenvalue weighted by Gasteiger charge is -2.12. The summed E-state index contributed by atoms with van der Waals surface area (Å²) in [7, 11) is 1.45. The summed E-state index contributed by atoms with van der Waals surface area (Å²) < 4.78 is 10.6. The van der Waals surface area contributed by atoms with Gasteiger partial charge in [-0.25, -0.2) is 9.79 Å². The van der Waals surface area contributed by atoms with Crippen LogP contribution < -0.4 is 14.8 Å². The van der Waals surface area contributed by atoms with E-state index in [9.17, 15) is 9.59 Å². The van der Waals surface area contributed by atoms with Crippen LogP contribution in [-0.4, -0.2) is 35.9 Å². The Morgan fingerprint density at radius 2 is 2.14 bits per heavy atom. The normalized spacial score (nSPS) is 16.2. The van der Waals surface area contributed by atoms with E-state index in [-0.39, 0.29) is 11.7 Å². The van der Waals surface area contributed by atoms with Crippen molar-refractivity contribution in [2.75, 3.05) is 13.7 Å². The zero-order valence-electron chi connectivity index (χ0n) is 15.6. The summed E-state index contributed by atoms with van der Waals surface area (Å²) in [5.41, 5.74) is 2.07. The number of amidine groups is 1. The van der Waals surface area contributed by atoms with Gasteiger partial charge in [-0.1, -0.05) is 29.8 Å². The fourth-order valence-corrected chi connectivity index (χ4v) is 3.49. The monoisotopic (exact) mass is 432 g/mol. The van der Waals surface area contributed by atoms with Crippen LogP contribution in [0.1, 0.15) is 11.1 Å². The summed E-state index contributed by atoms with van der Waals surface area (Å²) in [4.78, 5) is 28.0. The number of nitrogens with zero attached hydrogens (tertiary/aromatic N) is 1. The van der Waals surface area contributed by atoms with Crippen LogP contribution in [0.5, 0.6) is 11.5 Å². The number of nitrogens with one attached hydrogen (secondary N) is 1. The number of methoxy groups -OCH3 is 1. The molecule has 150 valence electrons. The number of carbonyl (C=O) groups is 2. The minimum atomic E-state index is -1.12. The van der Waals surface area contributed by atoms with E-state index in [1.807, 2.05) is 19.1 Å². The van der Waals surface area contributed by atoms with Crippen molar-refractivity contribution >= 4 is 52.2 Å². The van der Waals surface area contributed by atoms with Gasteiger partial charge in [0.05, 0.1) is 17.7 Å². The van der Waals surface area contributed by atoms with Crippen molar-refractivity contribution in [1.29, 1.82) is 0 Å². The highest BCUT2D eigenvalue weighted by molar-refractivity contribution is 8.18. The zero-order chi connectivity index (χ0) is 21.0. The maximum absolute atomic E-state index is 12.4. The number of aliphatic imine (C=N–C) groups is 1. The van der Waals surface area contributed by atoms with E-state index in [4.69, 9.17) is 26.2 Å². The number of thioether (sulfide) groups is 1. The van der Waals surface area contributed by atoms with Gasteiger partial charge in [0.2, 0.25) is 0 Å². The third kappa shape index (κ3) is 5.10. The highest BCUT2D eigenvalue weighted by Crippen LogP contribution is 2.36. The number of aryl methyl sites for hydroxylation is 1. The Labute approximate surface area is 176 Å². The van der Waals surface area contributed by atoms with Crippen molar-refractivity contribution in [1.82, 2.24) is 5.32 Å². The molecule has 29 heavy (non-hydrogen) atoms. The van der Waals surface area contributed by atoms with E-state index < -0.39 is 12.6 Å². The van der Waals surface area contributed by atoms with Crippen LogP contribution >= 0.6 is 23.4 Å². The molecular weight excluding hydrogens is 416 g/mol. The lowest BCUT2D eigenvalue weighted by Crippen LogP contribution is -2.19. The van der Waals surface area contributed by atoms with Gasteiger partial charge in [-0.2, -0.15) is 0 Å². The number of halogens is 1. The van der Waals surface area contributed by atoms with Crippen LogP contribution in [0, 0.1) is 6.92 Å². The second kappa shape index (κ2) is 9.02. The maximum Gasteiger partial charge on any atom is 0.341 e. The van der Waals surface area contributed by atoms with Crippen LogP contribution in [0.2, 0.25) is 5.02 Å². The molecule has 2 aromatic rings. The fourth-order valence-electron chi connectivity index (χ4n) is 2.49. The van der Waals surface area contributed by atoms with Gasteiger partial charge in [0, 0.05) is 10.6 Å². The molecule has 0 atom stereocenters. The van der Waals surface area contributed by atoms with E-state index in [0.717, 1.165) is 17.3 Å². The van der Waals surface area contributed by atoms with Gasteiger partial charge in [-0.05, 0) is 48.5 Å². The Hall–Kier alpha value is -2.97. The van der Waals surface area contributed by atoms with E-state index >= 15 is 0 Å². The number of carboxylic acids is 1. The molecule has 1 aliphatic heterocycles. The molecule has 1 heterocycles. The molecule has 0 aromatic heterocycles. The molecule has 0 unspecified atom stereocenters. The number of ether oxygens (including phenoxy) is 2. The third-order valence-corrected chi connectivity index (χ3v) is 5.21. The van der Waals surface area contributed by atoms with Crippen LogP contribution in [-0.2, 0) is 9.59 Å². The Morgan fingerprint density at radius 1 is 1.34 bits per heavy atom. The Bertz CT molecular complexity index is 1040. The molecule has 2 aromatic carbocycles. The van der Waals surface area contributed by atoms with Gasteiger partial charge in [0.25, 0.3) is 5.91 Å². The average Bonchev–Trinajstić information content (AvgIpc) is 3.02. The van der Waals surface area contributed by atoms with Gasteiger partial charge < -0.3 is 19.9 Å². The first-order valence-corrected chi connectivity index (χ1v) is 9.64. The number of carboxylic acid groups (broad SMARTS) is 1. The topological polar surface area (TPSA) is 97.2 Å². The van der Waals surface area contributed by atoms with E-state index in [1.165, 1.54) is 7.11 Å². The summed E-state index contributed by atoms with van der Waals surface area (Å²) in [5, 5.41) is 12.6. The standard InChI is InChI=1S/C20H17ClN2O5S/c1-11-6-7-13(9-14(11)21)22-20-23-19(26)16(29-20)8-12-4-3-5-15(27-2)18(12)28-10-17(24)25/h3-9H,10H2,1-2H3,(H,24,25)(H,22,23,26)/b16-8+. The van der Waals surface area contributed by atoms with Crippen molar-refractivity contribution in [2.45, 2.75) is 6.92 Å². The molecule has 3 rings (SSSR count). The third-order valence-electron chi connectivity index (χ3n) is 3.89. The van der Waals surface area contributed by atoms with Crippen molar-refractivity contribution in [2.24, 2.45) is 4.99 Å². The second-order valence-corrected chi connectivity index (χ2v) is 7.41. The number of rotatable bonds is 6. The number of carbonyl (C=O) groups excluding carboxylic acids is 1. The smallest absolute Gasteiger partial charge is 0.341 e. The van der Waals surface area contributed by atoms with Crippen LogP contribution in [0.15, 0.2) is 46.3 Å². The number of benzene rings is 2. The number of amides is 1. The summed E-state index contributed by atoms with van der Waals surface area (Å²) >= 11 is 7.28. The first-order valence-electron chi connectivity index (χ1n) is 8.44. The molecule has 1 aliphatic rings. The minimum Gasteiger partial charge on any atom is -0.493 e. The molecule has 0 bridgehead atoms. The van der Waals surface area contributed by atoms with Gasteiger partial charge in [0.1, 0.15) is 0 Å². The largest absolute Gasteiger partial charge is 0.493 e. The second-order valence-electron chi connectivity index (χ2n) is 5.98. The van der Waals surface area contributed by atoms with Gasteiger partial charge in [-0.3, -0.25) is 4.79 Å². The quantitative estimate of drug-likeness (QED) is 0.669.